The normalized spacial score (nSPS) is 18.9. The van der Waals surface area contributed by atoms with Crippen LogP contribution in [0.4, 0.5) is 5.69 Å². The summed E-state index contributed by atoms with van der Waals surface area (Å²) in [5.74, 6) is 0.533. The number of carbonyl (C=O) groups excluding carboxylic acids is 2. The highest BCUT2D eigenvalue weighted by atomic mass is 16.6. The molecule has 0 bridgehead atoms. The molecule has 1 aliphatic carbocycles. The van der Waals surface area contributed by atoms with Crippen molar-refractivity contribution in [1.29, 1.82) is 0 Å². The van der Waals surface area contributed by atoms with E-state index in [1.807, 2.05) is 30.3 Å². The lowest BCUT2D eigenvalue weighted by atomic mass is 9.68. The van der Waals surface area contributed by atoms with Crippen LogP contribution in [0.3, 0.4) is 0 Å². The second-order valence-corrected chi connectivity index (χ2v) is 9.47. The van der Waals surface area contributed by atoms with Gasteiger partial charge < -0.3 is 14.8 Å². The number of benzene rings is 2. The summed E-state index contributed by atoms with van der Waals surface area (Å²) in [7, 11) is 1.54. The van der Waals surface area contributed by atoms with Crippen molar-refractivity contribution in [3.8, 4) is 11.5 Å². The van der Waals surface area contributed by atoms with Gasteiger partial charge in [-0.2, -0.15) is 0 Å². The number of allylic oxidation sites excluding steroid dienone is 1. The highest BCUT2D eigenvalue weighted by molar-refractivity contribution is 6.12. The molecule has 0 amide bonds. The van der Waals surface area contributed by atoms with Gasteiger partial charge in [0.25, 0.3) is 0 Å². The lowest BCUT2D eigenvalue weighted by Gasteiger charge is -2.40. The molecule has 6 heteroatoms. The Morgan fingerprint density at radius 1 is 1.12 bits per heavy atom. The van der Waals surface area contributed by atoms with Crippen molar-refractivity contribution in [3.05, 3.63) is 65.4 Å². The number of fused-ring (bicyclic) bond motifs is 4. The molecule has 1 aromatic heterocycles. The molecule has 3 aromatic rings. The Morgan fingerprint density at radius 2 is 1.94 bits per heavy atom. The molecule has 0 spiro atoms. The van der Waals surface area contributed by atoms with E-state index in [1.54, 1.807) is 12.3 Å². The number of esters is 1. The number of carbonyl (C=O) groups is 2. The van der Waals surface area contributed by atoms with Gasteiger partial charge in [-0.1, -0.05) is 26.0 Å². The van der Waals surface area contributed by atoms with E-state index in [0.717, 1.165) is 45.3 Å². The maximum atomic E-state index is 13.5. The van der Waals surface area contributed by atoms with Crippen LogP contribution in [0, 0.1) is 5.41 Å². The fourth-order valence-electron chi connectivity index (χ4n) is 5.07. The third kappa shape index (κ3) is 3.65. The van der Waals surface area contributed by atoms with Gasteiger partial charge in [-0.15, -0.1) is 0 Å². The highest BCUT2D eigenvalue weighted by Gasteiger charge is 2.41. The van der Waals surface area contributed by atoms with Crippen molar-refractivity contribution in [2.75, 3.05) is 12.4 Å². The minimum absolute atomic E-state index is 0.129. The standard InChI is InChI=1S/C27H26N2O4/c1-15(30)33-22-10-7-16(12-23(22)32-4)26-25-18(13-27(2,3)14-21(25)31)24-17-6-5-11-28-19(17)8-9-20(24)29-26/h5-12,26,29H,13-14H2,1-4H3. The minimum atomic E-state index is -0.416. The Kier molecular flexibility index (Phi) is 4.96. The molecule has 0 saturated heterocycles. The zero-order valence-corrected chi connectivity index (χ0v) is 19.2. The summed E-state index contributed by atoms with van der Waals surface area (Å²) in [5, 5.41) is 4.65. The molecule has 2 aliphatic rings. The molecular formula is C27H26N2O4. The fraction of sp³-hybridized carbons (Fsp3) is 0.296. The van der Waals surface area contributed by atoms with Crippen LogP contribution < -0.4 is 14.8 Å². The first-order valence-corrected chi connectivity index (χ1v) is 11.0. The lowest BCUT2D eigenvalue weighted by molar-refractivity contribution is -0.132. The summed E-state index contributed by atoms with van der Waals surface area (Å²) in [6.07, 6.45) is 3.08. The Labute approximate surface area is 192 Å². The average molecular weight is 443 g/mol. The first kappa shape index (κ1) is 21.2. The summed E-state index contributed by atoms with van der Waals surface area (Å²) in [4.78, 5) is 29.5. The van der Waals surface area contributed by atoms with Crippen LogP contribution in [0.25, 0.3) is 16.5 Å². The summed E-state index contributed by atoms with van der Waals surface area (Å²) in [6.45, 7) is 5.64. The molecular weight excluding hydrogens is 416 g/mol. The van der Waals surface area contributed by atoms with E-state index in [-0.39, 0.29) is 17.2 Å². The number of rotatable bonds is 3. The zero-order valence-electron chi connectivity index (χ0n) is 19.2. The Bertz CT molecular complexity index is 1340. The molecule has 1 aliphatic heterocycles. The smallest absolute Gasteiger partial charge is 0.308 e. The molecule has 0 radical (unpaired) electrons. The van der Waals surface area contributed by atoms with E-state index in [1.165, 1.54) is 14.0 Å². The molecule has 33 heavy (non-hydrogen) atoms. The summed E-state index contributed by atoms with van der Waals surface area (Å²) >= 11 is 0. The third-order valence-electron chi connectivity index (χ3n) is 6.37. The molecule has 168 valence electrons. The van der Waals surface area contributed by atoms with Gasteiger partial charge in [0.05, 0.1) is 18.7 Å². The van der Waals surface area contributed by atoms with Gasteiger partial charge in [-0.3, -0.25) is 14.6 Å². The van der Waals surface area contributed by atoms with Gasteiger partial charge in [0.1, 0.15) is 0 Å². The van der Waals surface area contributed by atoms with Crippen molar-refractivity contribution < 1.29 is 19.1 Å². The maximum Gasteiger partial charge on any atom is 0.308 e. The summed E-state index contributed by atoms with van der Waals surface area (Å²) in [5.41, 5.74) is 5.57. The van der Waals surface area contributed by atoms with E-state index >= 15 is 0 Å². The van der Waals surface area contributed by atoms with Gasteiger partial charge in [0.15, 0.2) is 17.3 Å². The minimum Gasteiger partial charge on any atom is -0.493 e. The maximum absolute atomic E-state index is 13.5. The number of hydrogen-bond acceptors (Lipinski definition) is 6. The SMILES string of the molecule is COc1cc(C2Nc3ccc4ncccc4c3C3=C2C(=O)CC(C)(C)C3)ccc1OC(C)=O. The predicted octanol–water partition coefficient (Wildman–Crippen LogP) is 5.48. The number of ether oxygens (including phenoxy) is 2. The number of pyridine rings is 1. The number of nitrogens with zero attached hydrogens (tertiary/aromatic N) is 1. The Morgan fingerprint density at radius 3 is 2.70 bits per heavy atom. The lowest BCUT2D eigenvalue weighted by Crippen LogP contribution is -2.33. The van der Waals surface area contributed by atoms with E-state index < -0.39 is 5.97 Å². The van der Waals surface area contributed by atoms with E-state index in [4.69, 9.17) is 9.47 Å². The van der Waals surface area contributed by atoms with Crippen LogP contribution in [-0.4, -0.2) is 23.8 Å². The zero-order chi connectivity index (χ0) is 23.3. The van der Waals surface area contributed by atoms with E-state index in [9.17, 15) is 9.59 Å². The van der Waals surface area contributed by atoms with E-state index in [2.05, 4.69) is 30.2 Å². The average Bonchev–Trinajstić information content (AvgIpc) is 2.77. The van der Waals surface area contributed by atoms with Gasteiger partial charge in [-0.25, -0.2) is 0 Å². The monoisotopic (exact) mass is 442 g/mol. The van der Waals surface area contributed by atoms with E-state index in [0.29, 0.717) is 17.9 Å². The van der Waals surface area contributed by atoms with Crippen molar-refractivity contribution in [3.63, 3.8) is 0 Å². The fourth-order valence-corrected chi connectivity index (χ4v) is 5.07. The topological polar surface area (TPSA) is 77.5 Å². The first-order chi connectivity index (χ1) is 15.8. The van der Waals surface area contributed by atoms with Crippen LogP contribution in [0.1, 0.15) is 50.8 Å². The molecule has 2 heterocycles. The van der Waals surface area contributed by atoms with Crippen LogP contribution in [0.5, 0.6) is 11.5 Å². The molecule has 1 atom stereocenters. The second kappa shape index (κ2) is 7.73. The number of ketones is 1. The molecule has 1 N–H and O–H groups in total. The third-order valence-corrected chi connectivity index (χ3v) is 6.37. The van der Waals surface area contributed by atoms with Gasteiger partial charge >= 0.3 is 5.97 Å². The molecule has 0 saturated carbocycles. The van der Waals surface area contributed by atoms with Crippen LogP contribution in [-0.2, 0) is 9.59 Å². The van der Waals surface area contributed by atoms with Crippen molar-refractivity contribution >= 4 is 33.9 Å². The summed E-state index contributed by atoms with van der Waals surface area (Å²) in [6, 6.07) is 13.1. The Balaban J connectivity index is 1.71. The predicted molar refractivity (Wildman–Crippen MR) is 127 cm³/mol. The van der Waals surface area contributed by atoms with Gasteiger partial charge in [0, 0.05) is 41.8 Å². The number of aromatic nitrogens is 1. The second-order valence-electron chi connectivity index (χ2n) is 9.47. The van der Waals surface area contributed by atoms with Crippen molar-refractivity contribution in [2.45, 2.75) is 39.7 Å². The molecule has 2 aromatic carbocycles. The van der Waals surface area contributed by atoms with Crippen LogP contribution in [0.15, 0.2) is 54.2 Å². The number of nitrogens with one attached hydrogen (secondary N) is 1. The molecule has 0 fully saturated rings. The van der Waals surface area contributed by atoms with Crippen LogP contribution >= 0.6 is 0 Å². The Hall–Kier alpha value is -3.67. The van der Waals surface area contributed by atoms with Crippen molar-refractivity contribution in [2.24, 2.45) is 5.41 Å². The molecule has 5 rings (SSSR count). The highest BCUT2D eigenvalue weighted by Crippen LogP contribution is 2.52. The largest absolute Gasteiger partial charge is 0.493 e. The number of hydrogen-bond donors (Lipinski definition) is 1. The molecule has 6 nitrogen and oxygen atoms in total. The first-order valence-electron chi connectivity index (χ1n) is 11.0. The summed E-state index contributed by atoms with van der Waals surface area (Å²) < 4.78 is 10.8. The number of Topliss-reactive ketones (excluding diaryl/α,β-unsaturated/α-hetero) is 1. The van der Waals surface area contributed by atoms with Crippen LogP contribution in [0.2, 0.25) is 0 Å². The number of methoxy groups -OCH3 is 1. The molecule has 1 unspecified atom stereocenters. The van der Waals surface area contributed by atoms with Gasteiger partial charge in [0.2, 0.25) is 0 Å². The van der Waals surface area contributed by atoms with Crippen molar-refractivity contribution in [1.82, 2.24) is 4.98 Å². The quantitative estimate of drug-likeness (QED) is 0.428. The number of anilines is 1. The van der Waals surface area contributed by atoms with Gasteiger partial charge in [-0.05, 0) is 53.3 Å².